The van der Waals surface area contributed by atoms with E-state index in [1.54, 1.807) is 54.6 Å². The van der Waals surface area contributed by atoms with E-state index in [4.69, 9.17) is 5.11 Å². The molecular formula is C25H19N3O4S. The van der Waals surface area contributed by atoms with E-state index in [9.17, 15) is 19.6 Å². The molecule has 0 saturated carbocycles. The Morgan fingerprint density at radius 1 is 1.12 bits per heavy atom. The Kier molecular flexibility index (Phi) is 5.90. The van der Waals surface area contributed by atoms with E-state index >= 15 is 0 Å². The van der Waals surface area contributed by atoms with Crippen molar-refractivity contribution in [2.24, 2.45) is 0 Å². The van der Waals surface area contributed by atoms with E-state index in [-0.39, 0.29) is 17.3 Å². The summed E-state index contributed by atoms with van der Waals surface area (Å²) in [6.07, 6.45) is 1.70. The van der Waals surface area contributed by atoms with E-state index in [0.717, 1.165) is 39.3 Å². The van der Waals surface area contributed by atoms with Crippen LogP contribution in [0.4, 0.5) is 4.79 Å². The zero-order chi connectivity index (χ0) is 23.7. The first-order valence-electron chi connectivity index (χ1n) is 10.1. The van der Waals surface area contributed by atoms with Gasteiger partial charge in [0.2, 0.25) is 0 Å². The maximum Gasteiger partial charge on any atom is 0.335 e. The fourth-order valence-corrected chi connectivity index (χ4v) is 4.63. The molecule has 7 nitrogen and oxygen atoms in total. The lowest BCUT2D eigenvalue weighted by Crippen LogP contribution is -2.27. The van der Waals surface area contributed by atoms with Crippen molar-refractivity contribution in [1.29, 1.82) is 5.26 Å². The van der Waals surface area contributed by atoms with Gasteiger partial charge < -0.3 is 9.67 Å². The second-order valence-electron chi connectivity index (χ2n) is 7.55. The molecule has 0 radical (unpaired) electrons. The minimum Gasteiger partial charge on any atom is -0.478 e. The molecule has 3 aromatic rings. The number of nitrogens with zero attached hydrogens (tertiary/aromatic N) is 3. The van der Waals surface area contributed by atoms with Gasteiger partial charge in [-0.25, -0.2) is 4.79 Å². The smallest absolute Gasteiger partial charge is 0.335 e. The molecule has 0 bridgehead atoms. The molecule has 0 spiro atoms. The molecule has 0 unspecified atom stereocenters. The summed E-state index contributed by atoms with van der Waals surface area (Å²) in [6.45, 7) is 3.86. The first-order chi connectivity index (χ1) is 15.8. The highest BCUT2D eigenvalue weighted by Gasteiger charge is 2.35. The van der Waals surface area contributed by atoms with Gasteiger partial charge >= 0.3 is 5.97 Å². The number of rotatable bonds is 5. The van der Waals surface area contributed by atoms with Crippen LogP contribution < -0.4 is 0 Å². The first-order valence-corrected chi connectivity index (χ1v) is 10.9. The molecule has 2 aromatic carbocycles. The molecule has 33 heavy (non-hydrogen) atoms. The van der Waals surface area contributed by atoms with Crippen LogP contribution >= 0.6 is 11.8 Å². The standard InChI is InChI=1S/C25H19N3O4S/c1-15-11-20(16(2)28(15)21-9-7-17(8-10-21)24(30)31)12-22-23(29)27(25(32)33-22)14-19-6-4-3-5-18(19)13-26/h3-12H,14H2,1-2H3,(H,30,31)/b22-12+. The fourth-order valence-electron chi connectivity index (χ4n) is 3.80. The Balaban J connectivity index is 1.63. The van der Waals surface area contributed by atoms with Gasteiger partial charge in [0, 0.05) is 17.1 Å². The summed E-state index contributed by atoms with van der Waals surface area (Å²) in [5.41, 5.74) is 4.60. The van der Waals surface area contributed by atoms with Gasteiger partial charge in [-0.15, -0.1) is 0 Å². The minimum atomic E-state index is -0.990. The zero-order valence-electron chi connectivity index (χ0n) is 17.9. The maximum atomic E-state index is 13.0. The number of amides is 2. The van der Waals surface area contributed by atoms with Crippen molar-refractivity contribution < 1.29 is 19.5 Å². The normalized spacial score (nSPS) is 14.7. The second-order valence-corrected chi connectivity index (χ2v) is 8.54. The highest BCUT2D eigenvalue weighted by Crippen LogP contribution is 2.35. The average Bonchev–Trinajstić information content (AvgIpc) is 3.23. The van der Waals surface area contributed by atoms with Crippen LogP contribution in [0, 0.1) is 25.2 Å². The number of thioether (sulfide) groups is 1. The van der Waals surface area contributed by atoms with Crippen LogP contribution in [-0.2, 0) is 11.3 Å². The van der Waals surface area contributed by atoms with Crippen LogP contribution in [0.25, 0.3) is 11.8 Å². The number of hydrogen-bond donors (Lipinski definition) is 1. The molecule has 1 aromatic heterocycles. The quantitative estimate of drug-likeness (QED) is 0.547. The lowest BCUT2D eigenvalue weighted by atomic mass is 10.1. The summed E-state index contributed by atoms with van der Waals surface area (Å²) < 4.78 is 1.96. The zero-order valence-corrected chi connectivity index (χ0v) is 18.7. The summed E-state index contributed by atoms with van der Waals surface area (Å²) in [5.74, 6) is -1.38. The molecule has 2 heterocycles. The average molecular weight is 458 g/mol. The van der Waals surface area contributed by atoms with Crippen molar-refractivity contribution in [2.75, 3.05) is 0 Å². The summed E-state index contributed by atoms with van der Waals surface area (Å²) >= 11 is 0.875. The Hall–Kier alpha value is -4.09. The van der Waals surface area contributed by atoms with Crippen molar-refractivity contribution in [2.45, 2.75) is 20.4 Å². The molecule has 4 rings (SSSR count). The van der Waals surface area contributed by atoms with Gasteiger partial charge in [-0.05, 0) is 79.2 Å². The van der Waals surface area contributed by atoms with E-state index < -0.39 is 11.9 Å². The van der Waals surface area contributed by atoms with Gasteiger partial charge in [-0.1, -0.05) is 18.2 Å². The molecular weight excluding hydrogens is 438 g/mol. The molecule has 1 saturated heterocycles. The summed E-state index contributed by atoms with van der Waals surface area (Å²) in [7, 11) is 0. The summed E-state index contributed by atoms with van der Waals surface area (Å²) in [4.78, 5) is 38.1. The van der Waals surface area contributed by atoms with Crippen molar-refractivity contribution in [3.8, 4) is 11.8 Å². The van der Waals surface area contributed by atoms with Gasteiger partial charge in [0.15, 0.2) is 0 Å². The van der Waals surface area contributed by atoms with Crippen LogP contribution in [0.2, 0.25) is 0 Å². The summed E-state index contributed by atoms with van der Waals surface area (Å²) in [5, 5.41) is 18.0. The molecule has 0 aliphatic carbocycles. The molecule has 1 fully saturated rings. The molecule has 1 aliphatic rings. The number of benzene rings is 2. The Morgan fingerprint density at radius 3 is 2.48 bits per heavy atom. The topological polar surface area (TPSA) is 103 Å². The van der Waals surface area contributed by atoms with Crippen LogP contribution in [0.1, 0.15) is 38.4 Å². The first kappa shape index (κ1) is 22.1. The number of carbonyl (C=O) groups is 3. The third kappa shape index (κ3) is 4.19. The van der Waals surface area contributed by atoms with Crippen LogP contribution in [-0.4, -0.2) is 31.7 Å². The third-order valence-electron chi connectivity index (χ3n) is 5.47. The molecule has 8 heteroatoms. The monoisotopic (exact) mass is 457 g/mol. The SMILES string of the molecule is Cc1cc(/C=C2/SC(=O)N(Cc3ccccc3C#N)C2=O)c(C)n1-c1ccc(C(=O)O)cc1. The second kappa shape index (κ2) is 8.81. The number of aromatic nitrogens is 1. The maximum absolute atomic E-state index is 13.0. The lowest BCUT2D eigenvalue weighted by Gasteiger charge is -2.13. The molecule has 1 aliphatic heterocycles. The number of imide groups is 1. The Labute approximate surface area is 194 Å². The van der Waals surface area contributed by atoms with Crippen LogP contribution in [0.15, 0.2) is 59.5 Å². The Bertz CT molecular complexity index is 1360. The molecule has 0 atom stereocenters. The van der Waals surface area contributed by atoms with Gasteiger partial charge in [-0.3, -0.25) is 14.5 Å². The van der Waals surface area contributed by atoms with Crippen molar-refractivity contribution in [3.63, 3.8) is 0 Å². The van der Waals surface area contributed by atoms with Crippen molar-refractivity contribution in [1.82, 2.24) is 9.47 Å². The van der Waals surface area contributed by atoms with Gasteiger partial charge in [0.05, 0.1) is 28.6 Å². The number of nitriles is 1. The van der Waals surface area contributed by atoms with E-state index in [1.807, 2.05) is 24.5 Å². The number of carbonyl (C=O) groups excluding carboxylic acids is 2. The summed E-state index contributed by atoms with van der Waals surface area (Å²) in [6, 6.07) is 17.4. The van der Waals surface area contributed by atoms with Crippen LogP contribution in [0.3, 0.4) is 0 Å². The number of aryl methyl sites for hydroxylation is 1. The Morgan fingerprint density at radius 2 is 1.82 bits per heavy atom. The molecule has 2 amide bonds. The predicted octanol–water partition coefficient (Wildman–Crippen LogP) is 4.90. The number of carboxylic acid groups (broad SMARTS) is 1. The van der Waals surface area contributed by atoms with Crippen LogP contribution in [0.5, 0.6) is 0 Å². The van der Waals surface area contributed by atoms with E-state index in [1.165, 1.54) is 0 Å². The number of aromatic carboxylic acids is 1. The minimum absolute atomic E-state index is 0.0423. The fraction of sp³-hybridized carbons (Fsp3) is 0.120. The third-order valence-corrected chi connectivity index (χ3v) is 6.38. The highest BCUT2D eigenvalue weighted by atomic mass is 32.2. The predicted molar refractivity (Wildman–Crippen MR) is 125 cm³/mol. The number of carboxylic acids is 1. The van der Waals surface area contributed by atoms with Gasteiger partial charge in [0.1, 0.15) is 0 Å². The van der Waals surface area contributed by atoms with Crippen molar-refractivity contribution >= 4 is 35.0 Å². The largest absolute Gasteiger partial charge is 0.478 e. The van der Waals surface area contributed by atoms with Gasteiger partial charge in [-0.2, -0.15) is 5.26 Å². The molecule has 1 N–H and O–H groups in total. The highest BCUT2D eigenvalue weighted by molar-refractivity contribution is 8.18. The van der Waals surface area contributed by atoms with E-state index in [0.29, 0.717) is 16.0 Å². The van der Waals surface area contributed by atoms with Gasteiger partial charge in [0.25, 0.3) is 11.1 Å². The van der Waals surface area contributed by atoms with Crippen molar-refractivity contribution in [3.05, 3.63) is 93.1 Å². The van der Waals surface area contributed by atoms with E-state index in [2.05, 4.69) is 6.07 Å². The number of hydrogen-bond acceptors (Lipinski definition) is 5. The molecule has 164 valence electrons. The lowest BCUT2D eigenvalue weighted by molar-refractivity contribution is -0.123.